The van der Waals surface area contributed by atoms with E-state index in [9.17, 15) is 9.59 Å². The first-order valence-electron chi connectivity index (χ1n) is 6.18. The van der Waals surface area contributed by atoms with Crippen LogP contribution in [0.15, 0.2) is 30.3 Å². The van der Waals surface area contributed by atoms with Crippen molar-refractivity contribution >= 4 is 45.8 Å². The monoisotopic (exact) mass is 292 g/mol. The third kappa shape index (κ3) is 13.6. The molecule has 1 aromatic carbocycles. The molecular formula is C14H20CaO4. The minimum absolute atomic E-state index is 0.372. The van der Waals surface area contributed by atoms with Crippen LogP contribution in [0.5, 0.6) is 0 Å². The fourth-order valence-corrected chi connectivity index (χ4v) is 3.44. The van der Waals surface area contributed by atoms with Crippen molar-refractivity contribution in [3.05, 3.63) is 35.9 Å². The Morgan fingerprint density at radius 1 is 1.05 bits per heavy atom. The number of hydrogen-bond acceptors (Lipinski definition) is 2. The van der Waals surface area contributed by atoms with E-state index in [1.807, 2.05) is 0 Å². The molecule has 0 heterocycles. The summed E-state index contributed by atoms with van der Waals surface area (Å²) in [6.07, 6.45) is -0.806. The van der Waals surface area contributed by atoms with Crippen LogP contribution >= 0.6 is 0 Å². The predicted octanol–water partition coefficient (Wildman–Crippen LogP) is 2.65. The summed E-state index contributed by atoms with van der Waals surface area (Å²) in [6, 6.07) is 10.9. The summed E-state index contributed by atoms with van der Waals surface area (Å²) in [4.78, 5) is 18.9. The third-order valence-electron chi connectivity index (χ3n) is 2.31. The second-order valence-electron chi connectivity index (χ2n) is 5.51. The number of carbonyl (C=O) groups is 2. The zero-order valence-electron chi connectivity index (χ0n) is 11.7. The molecule has 19 heavy (non-hydrogen) atoms. The summed E-state index contributed by atoms with van der Waals surface area (Å²) in [5, 5.41) is 15.4. The maximum Gasteiger partial charge on any atom is 0.314 e. The summed E-state index contributed by atoms with van der Waals surface area (Å²) in [5.74, 6) is -2.62. The molecule has 1 rings (SSSR count). The molecule has 2 N–H and O–H groups in total. The van der Waals surface area contributed by atoms with Gasteiger partial charge in [0, 0.05) is 0 Å². The smallest absolute Gasteiger partial charge is 0.314 e. The zero-order valence-corrected chi connectivity index (χ0v) is 13.9. The largest absolute Gasteiger partial charge is 0.481 e. The second-order valence-corrected chi connectivity index (χ2v) is 10.4. The van der Waals surface area contributed by atoms with E-state index in [0.717, 1.165) is 0 Å². The molecule has 0 amide bonds. The third-order valence-corrected chi connectivity index (χ3v) is 5.94. The van der Waals surface area contributed by atoms with Gasteiger partial charge in [0.1, 0.15) is 6.42 Å². The van der Waals surface area contributed by atoms with Gasteiger partial charge in [0.25, 0.3) is 0 Å². The summed E-state index contributed by atoms with van der Waals surface area (Å²) in [7, 11) is 0. The Labute approximate surface area is 132 Å². The summed E-state index contributed by atoms with van der Waals surface area (Å²) < 4.78 is 2.03. The summed E-state index contributed by atoms with van der Waals surface area (Å²) >= 11 is -0.372. The molecule has 0 aliphatic rings. The van der Waals surface area contributed by atoms with Crippen LogP contribution in [-0.2, 0) is 12.1 Å². The fraction of sp³-hybridized carbons (Fsp3) is 0.429. The molecule has 0 aliphatic heterocycles. The van der Waals surface area contributed by atoms with Crippen molar-refractivity contribution in [1.82, 2.24) is 0 Å². The van der Waals surface area contributed by atoms with Crippen molar-refractivity contribution in [1.29, 1.82) is 0 Å². The molecule has 0 bridgehead atoms. The number of carboxylic acids is 2. The Hall–Kier alpha value is -0.580. The Balaban J connectivity index is 0.000000399. The van der Waals surface area contributed by atoms with E-state index in [4.69, 9.17) is 10.2 Å². The van der Waals surface area contributed by atoms with Gasteiger partial charge >= 0.3 is 106 Å². The normalized spacial score (nSPS) is 9.84. The van der Waals surface area contributed by atoms with E-state index in [1.54, 1.807) is 0 Å². The Morgan fingerprint density at radius 2 is 1.53 bits per heavy atom. The van der Waals surface area contributed by atoms with Gasteiger partial charge in [-0.05, 0) is 0 Å². The van der Waals surface area contributed by atoms with Gasteiger partial charge in [0.15, 0.2) is 0 Å². The van der Waals surface area contributed by atoms with E-state index in [1.165, 1.54) is 8.08 Å². The van der Waals surface area contributed by atoms with Crippen LogP contribution in [0.4, 0.5) is 0 Å². The summed E-state index contributed by atoms with van der Waals surface area (Å²) in [5.41, 5.74) is 1.53. The van der Waals surface area contributed by atoms with E-state index in [-0.39, 0.29) is 33.8 Å². The van der Waals surface area contributed by atoms with E-state index >= 15 is 0 Å². The molecule has 0 fully saturated rings. The van der Waals surface area contributed by atoms with Crippen molar-refractivity contribution in [3.8, 4) is 0 Å². The van der Waals surface area contributed by atoms with Gasteiger partial charge in [-0.15, -0.1) is 0 Å². The van der Waals surface area contributed by atoms with Crippen LogP contribution in [0.3, 0.4) is 0 Å². The van der Waals surface area contributed by atoms with Gasteiger partial charge in [-0.25, -0.2) is 0 Å². The van der Waals surface area contributed by atoms with Crippen LogP contribution in [-0.4, -0.2) is 56.0 Å². The van der Waals surface area contributed by atoms with Gasteiger partial charge in [-0.3, -0.25) is 9.59 Å². The topological polar surface area (TPSA) is 74.6 Å². The number of benzene rings is 1. The first kappa shape index (κ1) is 18.4. The molecule has 1 aromatic rings. The molecule has 0 spiro atoms. The van der Waals surface area contributed by atoms with Crippen molar-refractivity contribution in [2.45, 2.75) is 31.2 Å². The molecule has 5 heteroatoms. The minimum Gasteiger partial charge on any atom is -0.481 e. The molecule has 0 saturated heterocycles. The van der Waals surface area contributed by atoms with Crippen molar-refractivity contribution in [2.75, 3.05) is 0 Å². The molecule has 0 saturated carbocycles. The molecule has 0 aromatic heterocycles. The molecular weight excluding hydrogens is 272 g/mol. The van der Waals surface area contributed by atoms with Crippen LogP contribution in [0.1, 0.15) is 32.8 Å². The van der Waals surface area contributed by atoms with Gasteiger partial charge in [-0.2, -0.15) is 0 Å². The number of rotatable bonds is 4. The maximum absolute atomic E-state index is 9.43. The van der Waals surface area contributed by atoms with Gasteiger partial charge in [-0.1, -0.05) is 0 Å². The standard InChI is InChI=1S/C7H7.C4H9.C3H4O4.Ca/c1-7-5-3-2-4-6-7;1-4(2)3;4-2(5)1-3(6)7;/h2-6H,1H2;1-3H3;1H2,(H,4,5)(H,6,7);. The summed E-state index contributed by atoms with van der Waals surface area (Å²) in [6.45, 7) is 7.11. The quantitative estimate of drug-likeness (QED) is 0.661. The fourth-order valence-electron chi connectivity index (χ4n) is 1.29. The van der Waals surface area contributed by atoms with Crippen molar-refractivity contribution < 1.29 is 19.8 Å². The average Bonchev–Trinajstić information content (AvgIpc) is 2.26. The van der Waals surface area contributed by atoms with Crippen molar-refractivity contribution in [2.24, 2.45) is 0 Å². The predicted molar refractivity (Wildman–Crippen MR) is 75.5 cm³/mol. The Kier molecular flexibility index (Phi) is 9.06. The molecule has 0 aliphatic carbocycles. The number of carboxylic acid groups (broad SMARTS) is 2. The van der Waals surface area contributed by atoms with Gasteiger partial charge in [0.2, 0.25) is 0 Å². The van der Waals surface area contributed by atoms with E-state index < -0.39 is 18.4 Å². The van der Waals surface area contributed by atoms with E-state index in [0.29, 0.717) is 1.51 Å². The van der Waals surface area contributed by atoms with Crippen LogP contribution in [0.2, 0.25) is 1.51 Å². The first-order chi connectivity index (χ1) is 8.70. The van der Waals surface area contributed by atoms with Crippen LogP contribution in [0, 0.1) is 0 Å². The van der Waals surface area contributed by atoms with Gasteiger partial charge in [0.05, 0.1) is 0 Å². The average molecular weight is 292 g/mol. The van der Waals surface area contributed by atoms with Crippen molar-refractivity contribution in [3.63, 3.8) is 0 Å². The Morgan fingerprint density at radius 3 is 1.84 bits per heavy atom. The number of hydrogen-bond donors (Lipinski definition) is 2. The Bertz CT molecular complexity index is 384. The number of aliphatic carboxylic acids is 2. The SMILES string of the molecule is C[C](C)(C)[Ca][CH2]c1ccccc1.O=C(O)CC(=O)O. The first-order valence-corrected chi connectivity index (χ1v) is 8.85. The molecule has 0 atom stereocenters. The molecule has 102 valence electrons. The van der Waals surface area contributed by atoms with E-state index in [2.05, 4.69) is 51.1 Å². The van der Waals surface area contributed by atoms with Crippen LogP contribution in [0.25, 0.3) is 0 Å². The maximum atomic E-state index is 9.43. The molecule has 0 unspecified atom stereocenters. The zero-order chi connectivity index (χ0) is 14.9. The molecule has 0 radical (unpaired) electrons. The molecule has 4 nitrogen and oxygen atoms in total. The second kappa shape index (κ2) is 9.34. The van der Waals surface area contributed by atoms with Crippen LogP contribution < -0.4 is 0 Å². The van der Waals surface area contributed by atoms with Gasteiger partial charge < -0.3 is 10.2 Å². The minimum atomic E-state index is -1.31.